The van der Waals surface area contributed by atoms with Gasteiger partial charge in [-0.15, -0.1) is 0 Å². The minimum Gasteiger partial charge on any atom is -0.465 e. The minimum absolute atomic E-state index is 0.0272. The van der Waals surface area contributed by atoms with Gasteiger partial charge < -0.3 is 4.74 Å². The number of halogens is 2. The summed E-state index contributed by atoms with van der Waals surface area (Å²) in [5, 5.41) is 0.149. The Morgan fingerprint density at radius 1 is 1.25 bits per heavy atom. The second-order valence-corrected chi connectivity index (χ2v) is 7.20. The van der Waals surface area contributed by atoms with Crippen LogP contribution in [-0.2, 0) is 21.2 Å². The van der Waals surface area contributed by atoms with E-state index in [1.54, 1.807) is 6.07 Å². The van der Waals surface area contributed by atoms with Gasteiger partial charge in [-0.1, -0.05) is 29.8 Å². The molecule has 0 heterocycles. The summed E-state index contributed by atoms with van der Waals surface area (Å²) in [7, 11) is -2.53. The smallest absolute Gasteiger partial charge is 0.339 e. The molecule has 8 heteroatoms. The molecule has 5 nitrogen and oxygen atoms in total. The fourth-order valence-corrected chi connectivity index (χ4v) is 3.30. The predicted molar refractivity (Wildman–Crippen MR) is 90.3 cm³/mol. The Kier molecular flexibility index (Phi) is 5.80. The van der Waals surface area contributed by atoms with Crippen molar-refractivity contribution in [2.45, 2.75) is 6.42 Å². The number of esters is 1. The molecule has 24 heavy (non-hydrogen) atoms. The number of methoxy groups -OCH3 is 1. The maximum Gasteiger partial charge on any atom is 0.339 e. The molecule has 0 radical (unpaired) electrons. The summed E-state index contributed by atoms with van der Waals surface area (Å²) in [4.78, 5) is 11.6. The van der Waals surface area contributed by atoms with E-state index in [9.17, 15) is 17.6 Å². The molecular weight excluding hydrogens is 357 g/mol. The molecule has 1 N–H and O–H groups in total. The van der Waals surface area contributed by atoms with Crippen molar-refractivity contribution in [1.29, 1.82) is 0 Å². The molecule has 128 valence electrons. The molecule has 0 atom stereocenters. The van der Waals surface area contributed by atoms with Gasteiger partial charge in [0.2, 0.25) is 10.0 Å². The first-order valence-electron chi connectivity index (χ1n) is 6.94. The summed E-state index contributed by atoms with van der Waals surface area (Å²) in [6.07, 6.45) is 0.0272. The number of carbonyl (C=O) groups is 1. The largest absolute Gasteiger partial charge is 0.465 e. The Balaban J connectivity index is 2.12. The monoisotopic (exact) mass is 371 g/mol. The zero-order valence-electron chi connectivity index (χ0n) is 12.8. The molecule has 0 aliphatic carbocycles. The number of hydrogen-bond donors (Lipinski definition) is 1. The Bertz CT molecular complexity index is 855. The lowest BCUT2D eigenvalue weighted by atomic mass is 10.2. The number of benzene rings is 2. The number of nitrogens with one attached hydrogen (secondary N) is 1. The SMILES string of the molecule is COC(=O)c1cc(NS(=O)(=O)CCc2ccccc2F)ccc1Cl. The lowest BCUT2D eigenvalue weighted by Gasteiger charge is -2.10. The van der Waals surface area contributed by atoms with Crippen LogP contribution in [0.3, 0.4) is 0 Å². The quantitative estimate of drug-likeness (QED) is 0.791. The van der Waals surface area contributed by atoms with E-state index in [4.69, 9.17) is 11.6 Å². The van der Waals surface area contributed by atoms with E-state index in [0.717, 1.165) is 0 Å². The summed E-state index contributed by atoms with van der Waals surface area (Å²) in [5.74, 6) is -1.43. The number of hydrogen-bond acceptors (Lipinski definition) is 4. The van der Waals surface area contributed by atoms with Gasteiger partial charge in [0.15, 0.2) is 0 Å². The number of aryl methyl sites for hydroxylation is 1. The van der Waals surface area contributed by atoms with Crippen LogP contribution in [0.4, 0.5) is 10.1 Å². The van der Waals surface area contributed by atoms with Crippen LogP contribution in [0.2, 0.25) is 5.02 Å². The van der Waals surface area contributed by atoms with Crippen molar-refractivity contribution >= 4 is 33.3 Å². The minimum atomic E-state index is -3.72. The molecule has 2 aromatic carbocycles. The van der Waals surface area contributed by atoms with Gasteiger partial charge in [-0.3, -0.25) is 4.72 Å². The molecular formula is C16H15ClFNO4S. The molecule has 0 bridgehead atoms. The topological polar surface area (TPSA) is 72.5 Å². The summed E-state index contributed by atoms with van der Waals surface area (Å²) < 4.78 is 44.7. The van der Waals surface area contributed by atoms with Crippen molar-refractivity contribution in [1.82, 2.24) is 0 Å². The van der Waals surface area contributed by atoms with Crippen LogP contribution >= 0.6 is 11.6 Å². The molecule has 0 saturated heterocycles. The van der Waals surface area contributed by atoms with Gasteiger partial charge in [0, 0.05) is 5.69 Å². The van der Waals surface area contributed by atoms with Crippen molar-refractivity contribution < 1.29 is 22.3 Å². The van der Waals surface area contributed by atoms with E-state index >= 15 is 0 Å². The van der Waals surface area contributed by atoms with Gasteiger partial charge in [0.1, 0.15) is 5.82 Å². The number of ether oxygens (including phenoxy) is 1. The van der Waals surface area contributed by atoms with Crippen LogP contribution in [0, 0.1) is 5.82 Å². The Labute approximate surface area is 144 Å². The van der Waals surface area contributed by atoms with Gasteiger partial charge in [0.05, 0.1) is 23.4 Å². The molecule has 0 aliphatic rings. The predicted octanol–water partition coefficient (Wildman–Crippen LogP) is 3.25. The second-order valence-electron chi connectivity index (χ2n) is 4.95. The summed E-state index contributed by atoms with van der Waals surface area (Å²) in [6, 6.07) is 10.1. The van der Waals surface area contributed by atoms with E-state index in [-0.39, 0.29) is 28.4 Å². The highest BCUT2D eigenvalue weighted by molar-refractivity contribution is 7.92. The van der Waals surface area contributed by atoms with Crippen LogP contribution in [0.15, 0.2) is 42.5 Å². The Morgan fingerprint density at radius 2 is 1.96 bits per heavy atom. The lowest BCUT2D eigenvalue weighted by Crippen LogP contribution is -2.19. The number of carbonyl (C=O) groups excluding carboxylic acids is 1. The van der Waals surface area contributed by atoms with Gasteiger partial charge in [0.25, 0.3) is 0 Å². The van der Waals surface area contributed by atoms with Gasteiger partial charge in [-0.05, 0) is 36.2 Å². The maximum absolute atomic E-state index is 13.5. The molecule has 0 aliphatic heterocycles. The molecule has 0 amide bonds. The zero-order valence-corrected chi connectivity index (χ0v) is 14.3. The first-order valence-corrected chi connectivity index (χ1v) is 8.97. The fraction of sp³-hybridized carbons (Fsp3) is 0.188. The molecule has 0 saturated carbocycles. The summed E-state index contributed by atoms with van der Waals surface area (Å²) >= 11 is 5.88. The van der Waals surface area contributed by atoms with Gasteiger partial charge in [-0.2, -0.15) is 0 Å². The molecule has 0 aromatic heterocycles. The highest BCUT2D eigenvalue weighted by Gasteiger charge is 2.16. The van der Waals surface area contributed by atoms with E-state index in [1.165, 1.54) is 43.5 Å². The summed E-state index contributed by atoms with van der Waals surface area (Å²) in [6.45, 7) is 0. The highest BCUT2D eigenvalue weighted by Crippen LogP contribution is 2.22. The third kappa shape index (κ3) is 4.69. The lowest BCUT2D eigenvalue weighted by molar-refractivity contribution is 0.0601. The van der Waals surface area contributed by atoms with Crippen molar-refractivity contribution in [3.05, 3.63) is 64.4 Å². The van der Waals surface area contributed by atoms with Crippen LogP contribution < -0.4 is 4.72 Å². The molecule has 0 spiro atoms. The third-order valence-electron chi connectivity index (χ3n) is 3.24. The van der Waals surface area contributed by atoms with Crippen LogP contribution in [-0.4, -0.2) is 27.2 Å². The fourth-order valence-electron chi connectivity index (χ4n) is 2.03. The zero-order chi connectivity index (χ0) is 17.7. The van der Waals surface area contributed by atoms with E-state index in [0.29, 0.717) is 5.56 Å². The van der Waals surface area contributed by atoms with Crippen LogP contribution in [0.25, 0.3) is 0 Å². The molecule has 2 rings (SSSR count). The first kappa shape index (κ1) is 18.2. The number of anilines is 1. The van der Waals surface area contributed by atoms with Crippen molar-refractivity contribution in [2.24, 2.45) is 0 Å². The average molecular weight is 372 g/mol. The van der Waals surface area contributed by atoms with E-state index in [2.05, 4.69) is 9.46 Å². The second kappa shape index (κ2) is 7.63. The summed E-state index contributed by atoms with van der Waals surface area (Å²) in [5.41, 5.74) is 0.538. The third-order valence-corrected chi connectivity index (χ3v) is 4.86. The van der Waals surface area contributed by atoms with Crippen molar-refractivity contribution in [3.63, 3.8) is 0 Å². The standard InChI is InChI=1S/C16H15ClFNO4S/c1-23-16(20)13-10-12(6-7-14(13)17)19-24(21,22)9-8-11-4-2-3-5-15(11)18/h2-7,10,19H,8-9H2,1H3. The highest BCUT2D eigenvalue weighted by atomic mass is 35.5. The molecule has 0 fully saturated rings. The van der Waals surface area contributed by atoms with Gasteiger partial charge in [-0.25, -0.2) is 17.6 Å². The van der Waals surface area contributed by atoms with E-state index in [1.807, 2.05) is 0 Å². The molecule has 0 unspecified atom stereocenters. The van der Waals surface area contributed by atoms with Crippen LogP contribution in [0.1, 0.15) is 15.9 Å². The maximum atomic E-state index is 13.5. The van der Waals surface area contributed by atoms with Gasteiger partial charge >= 0.3 is 5.97 Å². The van der Waals surface area contributed by atoms with Crippen LogP contribution in [0.5, 0.6) is 0 Å². The number of rotatable bonds is 6. The van der Waals surface area contributed by atoms with Crippen molar-refractivity contribution in [2.75, 3.05) is 17.6 Å². The first-order chi connectivity index (χ1) is 11.3. The molecule has 2 aromatic rings. The van der Waals surface area contributed by atoms with E-state index < -0.39 is 21.8 Å². The number of sulfonamides is 1. The normalized spacial score (nSPS) is 11.1. The average Bonchev–Trinajstić information content (AvgIpc) is 2.55. The van der Waals surface area contributed by atoms with Crippen molar-refractivity contribution in [3.8, 4) is 0 Å². The Hall–Kier alpha value is -2.12. The Morgan fingerprint density at radius 3 is 2.62 bits per heavy atom.